The van der Waals surface area contributed by atoms with Gasteiger partial charge in [-0.05, 0) is 17.8 Å². The first-order chi connectivity index (χ1) is 5.53. The largest absolute Gasteiger partial charge is 0.396 e. The molecule has 0 unspecified atom stereocenters. The summed E-state index contributed by atoms with van der Waals surface area (Å²) in [7, 11) is 0. The van der Waals surface area contributed by atoms with Gasteiger partial charge in [-0.3, -0.25) is 0 Å². The van der Waals surface area contributed by atoms with Gasteiger partial charge in [0.15, 0.2) is 0 Å². The second kappa shape index (κ2) is 3.75. The normalized spacial score (nSPS) is 21.0. The molecular weight excluding hydrogens is 150 g/mol. The van der Waals surface area contributed by atoms with Crippen LogP contribution in [0, 0.1) is 11.3 Å². The van der Waals surface area contributed by atoms with Crippen LogP contribution in [0.1, 0.15) is 27.2 Å². The minimum absolute atomic E-state index is 0.287. The highest BCUT2D eigenvalue weighted by Crippen LogP contribution is 2.25. The third-order valence-electron chi connectivity index (χ3n) is 2.58. The predicted molar refractivity (Wildman–Crippen MR) is 51.1 cm³/mol. The van der Waals surface area contributed by atoms with E-state index in [4.69, 9.17) is 5.11 Å². The van der Waals surface area contributed by atoms with E-state index >= 15 is 0 Å². The fourth-order valence-corrected chi connectivity index (χ4v) is 1.94. The number of nitrogens with zero attached hydrogens (tertiary/aromatic N) is 1. The van der Waals surface area contributed by atoms with Crippen molar-refractivity contribution >= 4 is 0 Å². The van der Waals surface area contributed by atoms with Gasteiger partial charge in [0.2, 0.25) is 0 Å². The molecule has 0 aromatic carbocycles. The van der Waals surface area contributed by atoms with E-state index in [1.54, 1.807) is 0 Å². The molecular formula is C10H21NO. The van der Waals surface area contributed by atoms with Crippen LogP contribution in [0.25, 0.3) is 0 Å². The fraction of sp³-hybridized carbons (Fsp3) is 1.00. The zero-order chi connectivity index (χ0) is 9.19. The molecule has 12 heavy (non-hydrogen) atoms. The van der Waals surface area contributed by atoms with Crippen LogP contribution in [0.4, 0.5) is 0 Å². The van der Waals surface area contributed by atoms with E-state index in [1.807, 2.05) is 0 Å². The van der Waals surface area contributed by atoms with Crippen LogP contribution in [0.5, 0.6) is 0 Å². The van der Waals surface area contributed by atoms with Gasteiger partial charge in [-0.25, -0.2) is 0 Å². The predicted octanol–water partition coefficient (Wildman–Crippen LogP) is 1.35. The lowest BCUT2D eigenvalue weighted by atomic mass is 9.87. The molecule has 0 aromatic rings. The van der Waals surface area contributed by atoms with Gasteiger partial charge in [0.1, 0.15) is 0 Å². The van der Waals surface area contributed by atoms with Crippen molar-refractivity contribution in [2.24, 2.45) is 11.3 Å². The van der Waals surface area contributed by atoms with Crippen molar-refractivity contribution in [1.29, 1.82) is 0 Å². The van der Waals surface area contributed by atoms with Crippen molar-refractivity contribution in [3.8, 4) is 0 Å². The van der Waals surface area contributed by atoms with E-state index in [-0.39, 0.29) is 5.41 Å². The molecule has 72 valence electrons. The van der Waals surface area contributed by atoms with Crippen molar-refractivity contribution in [2.75, 3.05) is 26.2 Å². The maximum absolute atomic E-state index is 8.84. The lowest BCUT2D eigenvalue weighted by Gasteiger charge is -2.42. The Morgan fingerprint density at radius 1 is 1.42 bits per heavy atom. The van der Waals surface area contributed by atoms with Gasteiger partial charge in [-0.1, -0.05) is 20.8 Å². The lowest BCUT2D eigenvalue weighted by Crippen LogP contribution is -2.49. The summed E-state index contributed by atoms with van der Waals surface area (Å²) in [6.07, 6.45) is 0.915. The maximum atomic E-state index is 8.84. The number of hydrogen-bond donors (Lipinski definition) is 1. The van der Waals surface area contributed by atoms with Crippen LogP contribution < -0.4 is 0 Å². The first kappa shape index (κ1) is 10.0. The number of aliphatic hydroxyl groups excluding tert-OH is 1. The summed E-state index contributed by atoms with van der Waals surface area (Å²) in [6.45, 7) is 10.7. The second-order valence-corrected chi connectivity index (χ2v) is 4.94. The Balaban J connectivity index is 2.20. The molecule has 2 heteroatoms. The van der Waals surface area contributed by atoms with Gasteiger partial charge in [0, 0.05) is 26.2 Å². The van der Waals surface area contributed by atoms with Crippen molar-refractivity contribution < 1.29 is 5.11 Å². The molecule has 0 atom stereocenters. The average molecular weight is 171 g/mol. The number of hydrogen-bond acceptors (Lipinski definition) is 2. The molecule has 1 aliphatic heterocycles. The zero-order valence-corrected chi connectivity index (χ0v) is 8.51. The third kappa shape index (κ3) is 2.76. The highest BCUT2D eigenvalue weighted by Gasteiger charge is 2.28. The first-order valence-corrected chi connectivity index (χ1v) is 4.87. The fourth-order valence-electron chi connectivity index (χ4n) is 1.94. The summed E-state index contributed by atoms with van der Waals surface area (Å²) in [5.74, 6) is 0.884. The molecule has 0 bridgehead atoms. The van der Waals surface area contributed by atoms with Crippen molar-refractivity contribution in [1.82, 2.24) is 4.90 Å². The lowest BCUT2D eigenvalue weighted by molar-refractivity contribution is 0.0566. The van der Waals surface area contributed by atoms with Crippen LogP contribution in [-0.2, 0) is 0 Å². The van der Waals surface area contributed by atoms with Crippen LogP contribution in [0.3, 0.4) is 0 Å². The molecule has 0 saturated carbocycles. The standard InChI is InChI=1S/C10H21NO/c1-9-6-11(7-9)8-10(2,3)4-5-12/h9,12H,4-8H2,1-3H3. The summed E-state index contributed by atoms with van der Waals surface area (Å²) in [4.78, 5) is 2.47. The van der Waals surface area contributed by atoms with Crippen LogP contribution in [0.2, 0.25) is 0 Å². The molecule has 1 heterocycles. The highest BCUT2D eigenvalue weighted by molar-refractivity contribution is 4.81. The molecule has 0 aliphatic carbocycles. The molecule has 0 aromatic heterocycles. The summed E-state index contributed by atoms with van der Waals surface area (Å²) in [5, 5.41) is 8.84. The van der Waals surface area contributed by atoms with Crippen molar-refractivity contribution in [3.63, 3.8) is 0 Å². The van der Waals surface area contributed by atoms with E-state index in [0.717, 1.165) is 18.9 Å². The molecule has 1 N–H and O–H groups in total. The number of aliphatic hydroxyl groups is 1. The van der Waals surface area contributed by atoms with Crippen LogP contribution in [-0.4, -0.2) is 36.2 Å². The monoisotopic (exact) mass is 171 g/mol. The maximum Gasteiger partial charge on any atom is 0.0436 e. The molecule has 1 rings (SSSR count). The molecule has 0 spiro atoms. The van der Waals surface area contributed by atoms with Crippen LogP contribution in [0.15, 0.2) is 0 Å². The first-order valence-electron chi connectivity index (χ1n) is 4.87. The van der Waals surface area contributed by atoms with Gasteiger partial charge in [0.05, 0.1) is 0 Å². The molecule has 1 fully saturated rings. The van der Waals surface area contributed by atoms with Gasteiger partial charge in [-0.15, -0.1) is 0 Å². The molecule has 1 aliphatic rings. The molecule has 0 radical (unpaired) electrons. The van der Waals surface area contributed by atoms with Gasteiger partial charge < -0.3 is 10.0 Å². The summed E-state index contributed by atoms with van der Waals surface area (Å²) in [5.41, 5.74) is 0.287. The van der Waals surface area contributed by atoms with E-state index in [2.05, 4.69) is 25.7 Å². The van der Waals surface area contributed by atoms with E-state index in [1.165, 1.54) is 13.1 Å². The van der Waals surface area contributed by atoms with Crippen LogP contribution >= 0.6 is 0 Å². The van der Waals surface area contributed by atoms with E-state index < -0.39 is 0 Å². The smallest absolute Gasteiger partial charge is 0.0436 e. The van der Waals surface area contributed by atoms with Crippen molar-refractivity contribution in [2.45, 2.75) is 27.2 Å². The molecule has 1 saturated heterocycles. The van der Waals surface area contributed by atoms with E-state index in [0.29, 0.717) is 6.61 Å². The van der Waals surface area contributed by atoms with E-state index in [9.17, 15) is 0 Å². The Morgan fingerprint density at radius 2 is 2.00 bits per heavy atom. The second-order valence-electron chi connectivity index (χ2n) is 4.94. The van der Waals surface area contributed by atoms with Gasteiger partial charge in [0.25, 0.3) is 0 Å². The van der Waals surface area contributed by atoms with Gasteiger partial charge >= 0.3 is 0 Å². The third-order valence-corrected chi connectivity index (χ3v) is 2.58. The minimum Gasteiger partial charge on any atom is -0.396 e. The van der Waals surface area contributed by atoms with Gasteiger partial charge in [-0.2, -0.15) is 0 Å². The Labute approximate surface area is 75.6 Å². The average Bonchev–Trinajstić information content (AvgIpc) is 1.83. The molecule has 0 amide bonds. The van der Waals surface area contributed by atoms with Crippen molar-refractivity contribution in [3.05, 3.63) is 0 Å². The summed E-state index contributed by atoms with van der Waals surface area (Å²) in [6, 6.07) is 0. The SMILES string of the molecule is CC1CN(CC(C)(C)CCO)C1. The number of likely N-dealkylation sites (tertiary alicyclic amines) is 1. The quantitative estimate of drug-likeness (QED) is 0.690. The summed E-state index contributed by atoms with van der Waals surface area (Å²) < 4.78 is 0. The Hall–Kier alpha value is -0.0800. The highest BCUT2D eigenvalue weighted by atomic mass is 16.3. The molecule has 2 nitrogen and oxygen atoms in total. The zero-order valence-electron chi connectivity index (χ0n) is 8.51. The Bertz CT molecular complexity index is 139. The minimum atomic E-state index is 0.287. The Kier molecular flexibility index (Phi) is 3.13. The topological polar surface area (TPSA) is 23.5 Å². The Morgan fingerprint density at radius 3 is 2.42 bits per heavy atom. The summed E-state index contributed by atoms with van der Waals surface area (Å²) >= 11 is 0. The number of rotatable bonds is 4.